The lowest BCUT2D eigenvalue weighted by molar-refractivity contribution is 0.188. The molecule has 0 aromatic rings. The second-order valence-electron chi connectivity index (χ2n) is 4.35. The lowest BCUT2D eigenvalue weighted by Gasteiger charge is -2.29. The van der Waals surface area contributed by atoms with Gasteiger partial charge in [-0.05, 0) is 19.8 Å². The predicted molar refractivity (Wildman–Crippen MR) is 65.4 cm³/mol. The van der Waals surface area contributed by atoms with Crippen molar-refractivity contribution >= 4 is 10.2 Å². The number of nitrogens with one attached hydrogen (secondary N) is 1. The van der Waals surface area contributed by atoms with E-state index in [1.807, 2.05) is 13.8 Å². The van der Waals surface area contributed by atoms with Gasteiger partial charge in [0, 0.05) is 13.6 Å². The Morgan fingerprint density at radius 1 is 1.38 bits per heavy atom. The van der Waals surface area contributed by atoms with Crippen LogP contribution >= 0.6 is 0 Å². The van der Waals surface area contributed by atoms with Crippen molar-refractivity contribution in [1.29, 1.82) is 0 Å². The molecule has 0 saturated carbocycles. The topological polar surface area (TPSA) is 69.6 Å². The fourth-order valence-corrected chi connectivity index (χ4v) is 2.46. The van der Waals surface area contributed by atoms with Gasteiger partial charge in [0.05, 0.1) is 12.1 Å². The van der Waals surface area contributed by atoms with Gasteiger partial charge in [-0.15, -0.1) is 0 Å². The summed E-state index contributed by atoms with van der Waals surface area (Å²) in [6, 6.07) is 0. The molecule has 0 amide bonds. The first-order valence-corrected chi connectivity index (χ1v) is 7.11. The molecule has 5 nitrogen and oxygen atoms in total. The van der Waals surface area contributed by atoms with Gasteiger partial charge in [0.15, 0.2) is 0 Å². The van der Waals surface area contributed by atoms with Crippen LogP contribution < -0.4 is 4.72 Å². The molecule has 0 aliphatic rings. The van der Waals surface area contributed by atoms with Crippen LogP contribution in [0.5, 0.6) is 0 Å². The minimum atomic E-state index is -3.49. The van der Waals surface area contributed by atoms with Crippen LogP contribution in [0.3, 0.4) is 0 Å². The summed E-state index contributed by atoms with van der Waals surface area (Å²) in [7, 11) is -1.94. The van der Waals surface area contributed by atoms with Gasteiger partial charge in [0.25, 0.3) is 10.2 Å². The minimum absolute atomic E-state index is 0.204. The van der Waals surface area contributed by atoms with E-state index in [1.165, 1.54) is 4.31 Å². The van der Waals surface area contributed by atoms with Crippen LogP contribution in [-0.4, -0.2) is 43.6 Å². The third-order valence-corrected chi connectivity index (χ3v) is 4.50. The highest BCUT2D eigenvalue weighted by molar-refractivity contribution is 7.87. The molecule has 16 heavy (non-hydrogen) atoms. The van der Waals surface area contributed by atoms with Crippen LogP contribution in [0.1, 0.15) is 40.0 Å². The van der Waals surface area contributed by atoms with Crippen molar-refractivity contribution in [2.45, 2.75) is 45.6 Å². The van der Waals surface area contributed by atoms with E-state index in [0.717, 1.165) is 12.8 Å². The summed E-state index contributed by atoms with van der Waals surface area (Å²) in [6.07, 6.45) is 2.33. The zero-order valence-corrected chi connectivity index (χ0v) is 11.5. The SMILES string of the molecule is CCCCN(C)S(=O)(=O)NC(C)(CC)CO. The van der Waals surface area contributed by atoms with Crippen LogP contribution in [0.25, 0.3) is 0 Å². The van der Waals surface area contributed by atoms with Crippen molar-refractivity contribution in [1.82, 2.24) is 9.03 Å². The number of nitrogens with zero attached hydrogens (tertiary/aromatic N) is 1. The highest BCUT2D eigenvalue weighted by Crippen LogP contribution is 2.11. The van der Waals surface area contributed by atoms with Gasteiger partial charge >= 0.3 is 0 Å². The maximum Gasteiger partial charge on any atom is 0.279 e. The molecule has 0 aliphatic carbocycles. The number of aliphatic hydroxyl groups excluding tert-OH is 1. The van der Waals surface area contributed by atoms with Crippen molar-refractivity contribution in [2.75, 3.05) is 20.2 Å². The zero-order chi connectivity index (χ0) is 12.8. The first kappa shape index (κ1) is 15.8. The summed E-state index contributed by atoms with van der Waals surface area (Å²) in [5.74, 6) is 0. The first-order valence-electron chi connectivity index (χ1n) is 5.67. The molecule has 0 radical (unpaired) electrons. The Bertz CT molecular complexity index is 286. The Labute approximate surface area is 99.0 Å². The van der Waals surface area contributed by atoms with E-state index in [2.05, 4.69) is 4.72 Å². The zero-order valence-electron chi connectivity index (χ0n) is 10.7. The quantitative estimate of drug-likeness (QED) is 0.668. The van der Waals surface area contributed by atoms with Gasteiger partial charge in [-0.3, -0.25) is 0 Å². The molecule has 1 unspecified atom stereocenters. The molecule has 1 atom stereocenters. The smallest absolute Gasteiger partial charge is 0.279 e. The van der Waals surface area contributed by atoms with E-state index < -0.39 is 15.7 Å². The van der Waals surface area contributed by atoms with E-state index >= 15 is 0 Å². The average Bonchev–Trinajstić information content (AvgIpc) is 2.24. The normalized spacial score (nSPS) is 16.4. The maximum atomic E-state index is 11.9. The van der Waals surface area contributed by atoms with Crippen LogP contribution in [-0.2, 0) is 10.2 Å². The molecule has 0 bridgehead atoms. The molecule has 0 rings (SSSR count). The second-order valence-corrected chi connectivity index (χ2v) is 6.13. The second kappa shape index (κ2) is 6.54. The third kappa shape index (κ3) is 4.78. The van der Waals surface area contributed by atoms with Crippen molar-refractivity contribution in [3.8, 4) is 0 Å². The fraction of sp³-hybridized carbons (Fsp3) is 1.00. The Hall–Kier alpha value is -0.170. The average molecular weight is 252 g/mol. The number of rotatable bonds is 8. The van der Waals surface area contributed by atoms with Gasteiger partial charge in [-0.25, -0.2) is 0 Å². The fourth-order valence-electron chi connectivity index (χ4n) is 1.11. The van der Waals surface area contributed by atoms with E-state index in [-0.39, 0.29) is 6.61 Å². The van der Waals surface area contributed by atoms with Crippen molar-refractivity contribution < 1.29 is 13.5 Å². The molecule has 0 spiro atoms. The molecule has 2 N–H and O–H groups in total. The highest BCUT2D eigenvalue weighted by atomic mass is 32.2. The van der Waals surface area contributed by atoms with Crippen LogP contribution in [0.4, 0.5) is 0 Å². The van der Waals surface area contributed by atoms with Crippen LogP contribution in [0.2, 0.25) is 0 Å². The molecule has 98 valence electrons. The standard InChI is InChI=1S/C10H24N2O3S/c1-5-7-8-12(4)16(14,15)11-10(3,6-2)9-13/h11,13H,5-9H2,1-4H3. The van der Waals surface area contributed by atoms with E-state index in [4.69, 9.17) is 5.11 Å². The lowest BCUT2D eigenvalue weighted by atomic mass is 10.0. The van der Waals surface area contributed by atoms with Gasteiger partial charge in [0.2, 0.25) is 0 Å². The molecule has 0 saturated heterocycles. The van der Waals surface area contributed by atoms with E-state index in [1.54, 1.807) is 14.0 Å². The minimum Gasteiger partial charge on any atom is -0.394 e. The largest absolute Gasteiger partial charge is 0.394 e. The molecular weight excluding hydrogens is 228 g/mol. The number of hydrogen-bond acceptors (Lipinski definition) is 3. The van der Waals surface area contributed by atoms with Gasteiger partial charge < -0.3 is 5.11 Å². The molecule has 0 heterocycles. The van der Waals surface area contributed by atoms with Crippen molar-refractivity contribution in [3.05, 3.63) is 0 Å². The summed E-state index contributed by atoms with van der Waals surface area (Å²) in [5.41, 5.74) is -0.778. The summed E-state index contributed by atoms with van der Waals surface area (Å²) < 4.78 is 27.6. The molecular formula is C10H24N2O3S. The molecule has 0 fully saturated rings. The summed E-state index contributed by atoms with van der Waals surface area (Å²) in [6.45, 7) is 5.84. The molecule has 6 heteroatoms. The number of aliphatic hydroxyl groups is 1. The summed E-state index contributed by atoms with van der Waals surface area (Å²) in [4.78, 5) is 0. The predicted octanol–water partition coefficient (Wildman–Crippen LogP) is 0.714. The summed E-state index contributed by atoms with van der Waals surface area (Å²) >= 11 is 0. The van der Waals surface area contributed by atoms with Gasteiger partial charge in [0.1, 0.15) is 0 Å². The lowest BCUT2D eigenvalue weighted by Crippen LogP contribution is -2.52. The number of hydrogen-bond donors (Lipinski definition) is 2. The Morgan fingerprint density at radius 2 is 1.94 bits per heavy atom. The maximum absolute atomic E-state index is 11.9. The highest BCUT2D eigenvalue weighted by Gasteiger charge is 2.29. The number of unbranched alkanes of at least 4 members (excludes halogenated alkanes) is 1. The molecule has 0 aromatic heterocycles. The van der Waals surface area contributed by atoms with E-state index in [0.29, 0.717) is 13.0 Å². The van der Waals surface area contributed by atoms with Crippen molar-refractivity contribution in [2.24, 2.45) is 0 Å². The third-order valence-electron chi connectivity index (χ3n) is 2.74. The Kier molecular flexibility index (Phi) is 6.47. The summed E-state index contributed by atoms with van der Waals surface area (Å²) in [5, 5.41) is 9.16. The molecule has 0 aliphatic heterocycles. The monoisotopic (exact) mass is 252 g/mol. The van der Waals surface area contributed by atoms with Crippen LogP contribution in [0.15, 0.2) is 0 Å². The molecule has 0 aromatic carbocycles. The first-order chi connectivity index (χ1) is 7.31. The van der Waals surface area contributed by atoms with Gasteiger partial charge in [-0.1, -0.05) is 20.3 Å². The van der Waals surface area contributed by atoms with Gasteiger partial charge in [-0.2, -0.15) is 17.4 Å². The van der Waals surface area contributed by atoms with Crippen molar-refractivity contribution in [3.63, 3.8) is 0 Å². The van der Waals surface area contributed by atoms with E-state index in [9.17, 15) is 8.42 Å². The van der Waals surface area contributed by atoms with Crippen LogP contribution in [0, 0.1) is 0 Å². The Morgan fingerprint density at radius 3 is 2.31 bits per heavy atom. The Balaban J connectivity index is 4.55.